The topological polar surface area (TPSA) is 32.3 Å². The van der Waals surface area contributed by atoms with Crippen LogP contribution in [0.2, 0.25) is 0 Å². The number of amides is 1. The first-order valence-corrected chi connectivity index (χ1v) is 6.57. The highest BCUT2D eigenvalue weighted by Gasteiger charge is 2.47. The minimum atomic E-state index is -4.47. The second-order valence-corrected chi connectivity index (χ2v) is 4.99. The third kappa shape index (κ3) is 2.58. The van der Waals surface area contributed by atoms with Gasteiger partial charge in [-0.05, 0) is 16.3 Å². The van der Waals surface area contributed by atoms with E-state index in [4.69, 9.17) is 0 Å². The van der Waals surface area contributed by atoms with Crippen molar-refractivity contribution >= 4 is 16.7 Å². The molecule has 2 aromatic carbocycles. The smallest absolute Gasteiger partial charge is 0.288 e. The van der Waals surface area contributed by atoms with E-state index in [1.165, 1.54) is 6.07 Å². The van der Waals surface area contributed by atoms with Crippen molar-refractivity contribution in [1.82, 2.24) is 10.4 Å². The van der Waals surface area contributed by atoms with Crippen molar-refractivity contribution in [2.75, 3.05) is 6.54 Å². The van der Waals surface area contributed by atoms with Gasteiger partial charge in [0.05, 0.1) is 0 Å². The maximum atomic E-state index is 13.5. The zero-order valence-corrected chi connectivity index (χ0v) is 11.0. The van der Waals surface area contributed by atoms with Gasteiger partial charge in [0.15, 0.2) is 6.04 Å². The van der Waals surface area contributed by atoms with Gasteiger partial charge in [-0.25, -0.2) is 5.01 Å². The second kappa shape index (κ2) is 5.04. The number of nitrogens with zero attached hydrogens (tertiary/aromatic N) is 1. The zero-order valence-electron chi connectivity index (χ0n) is 11.0. The van der Waals surface area contributed by atoms with Crippen molar-refractivity contribution in [2.24, 2.45) is 0 Å². The lowest BCUT2D eigenvalue weighted by Gasteiger charge is -2.30. The molecule has 1 fully saturated rings. The molecule has 3 rings (SSSR count). The fraction of sp³-hybridized carbons (Fsp3) is 0.267. The Morgan fingerprint density at radius 1 is 1.10 bits per heavy atom. The van der Waals surface area contributed by atoms with Crippen LogP contribution in [-0.4, -0.2) is 23.6 Å². The summed E-state index contributed by atoms with van der Waals surface area (Å²) in [4.78, 5) is 11.3. The molecule has 2 aromatic rings. The Labute approximate surface area is 119 Å². The molecule has 1 aliphatic heterocycles. The Balaban J connectivity index is 2.13. The van der Waals surface area contributed by atoms with Crippen LogP contribution in [0.1, 0.15) is 18.0 Å². The molecule has 0 bridgehead atoms. The molecule has 0 unspecified atom stereocenters. The Kier molecular flexibility index (Phi) is 3.33. The molecule has 1 heterocycles. The summed E-state index contributed by atoms with van der Waals surface area (Å²) in [6.45, 7) is 0.0478. The van der Waals surface area contributed by atoms with Crippen LogP contribution in [0.25, 0.3) is 10.8 Å². The highest BCUT2D eigenvalue weighted by Crippen LogP contribution is 2.40. The van der Waals surface area contributed by atoms with Gasteiger partial charge >= 0.3 is 6.18 Å². The first kappa shape index (κ1) is 13.9. The fourth-order valence-corrected chi connectivity index (χ4v) is 2.70. The lowest BCUT2D eigenvalue weighted by molar-refractivity contribution is -0.190. The number of rotatable bonds is 2. The monoisotopic (exact) mass is 294 g/mol. The standard InChI is InChI=1S/C15H13F3N2O/c16-15(17,18)14(20-9-8-13(21)19-20)12-7-3-5-10-4-1-2-6-11(10)12/h1-7,14H,8-9H2,(H,19,21)/t14-/m0/s1. The van der Waals surface area contributed by atoms with E-state index in [2.05, 4.69) is 5.43 Å². The number of carbonyl (C=O) groups excluding carboxylic acids is 1. The van der Waals surface area contributed by atoms with Crippen molar-refractivity contribution in [3.63, 3.8) is 0 Å². The largest absolute Gasteiger partial charge is 0.409 e. The van der Waals surface area contributed by atoms with Gasteiger partial charge in [0.1, 0.15) is 0 Å². The maximum Gasteiger partial charge on any atom is 0.409 e. The Morgan fingerprint density at radius 3 is 2.48 bits per heavy atom. The van der Waals surface area contributed by atoms with E-state index in [9.17, 15) is 18.0 Å². The van der Waals surface area contributed by atoms with E-state index < -0.39 is 12.2 Å². The van der Waals surface area contributed by atoms with E-state index in [0.717, 1.165) is 10.4 Å². The number of alkyl halides is 3. The quantitative estimate of drug-likeness (QED) is 0.922. The summed E-state index contributed by atoms with van der Waals surface area (Å²) in [6.07, 6.45) is -4.39. The highest BCUT2D eigenvalue weighted by molar-refractivity contribution is 5.86. The number of benzene rings is 2. The number of hydrazine groups is 1. The molecule has 0 saturated carbocycles. The zero-order chi connectivity index (χ0) is 15.0. The van der Waals surface area contributed by atoms with Crippen LogP contribution in [0.4, 0.5) is 13.2 Å². The Morgan fingerprint density at radius 2 is 1.81 bits per heavy atom. The average molecular weight is 294 g/mol. The van der Waals surface area contributed by atoms with E-state index in [1.807, 2.05) is 0 Å². The molecular formula is C15H13F3N2O. The van der Waals surface area contributed by atoms with Gasteiger partial charge in [0, 0.05) is 13.0 Å². The summed E-state index contributed by atoms with van der Waals surface area (Å²) >= 11 is 0. The minimum Gasteiger partial charge on any atom is -0.288 e. The van der Waals surface area contributed by atoms with E-state index in [1.54, 1.807) is 36.4 Å². The van der Waals surface area contributed by atoms with Crippen molar-refractivity contribution < 1.29 is 18.0 Å². The van der Waals surface area contributed by atoms with Crippen LogP contribution in [0.3, 0.4) is 0 Å². The van der Waals surface area contributed by atoms with Crippen LogP contribution in [-0.2, 0) is 4.79 Å². The lowest BCUT2D eigenvalue weighted by Crippen LogP contribution is -2.43. The van der Waals surface area contributed by atoms with Gasteiger partial charge in [-0.3, -0.25) is 10.2 Å². The van der Waals surface area contributed by atoms with E-state index in [0.29, 0.717) is 5.39 Å². The molecule has 1 aliphatic rings. The predicted molar refractivity (Wildman–Crippen MR) is 72.2 cm³/mol. The molecule has 1 atom stereocenters. The number of nitrogens with one attached hydrogen (secondary N) is 1. The molecule has 0 aliphatic carbocycles. The van der Waals surface area contributed by atoms with Crippen LogP contribution in [0, 0.1) is 0 Å². The molecule has 0 radical (unpaired) electrons. The van der Waals surface area contributed by atoms with E-state index >= 15 is 0 Å². The van der Waals surface area contributed by atoms with Crippen LogP contribution >= 0.6 is 0 Å². The first-order valence-electron chi connectivity index (χ1n) is 6.57. The molecule has 21 heavy (non-hydrogen) atoms. The van der Waals surface area contributed by atoms with Crippen molar-refractivity contribution in [2.45, 2.75) is 18.6 Å². The van der Waals surface area contributed by atoms with Crippen molar-refractivity contribution in [1.29, 1.82) is 0 Å². The molecule has 6 heteroatoms. The molecule has 1 N–H and O–H groups in total. The third-order valence-corrected chi connectivity index (χ3v) is 3.59. The van der Waals surface area contributed by atoms with Crippen molar-refractivity contribution in [3.8, 4) is 0 Å². The molecule has 1 amide bonds. The third-order valence-electron chi connectivity index (χ3n) is 3.59. The number of halogens is 3. The molecule has 110 valence electrons. The maximum absolute atomic E-state index is 13.5. The van der Waals surface area contributed by atoms with Crippen LogP contribution in [0.5, 0.6) is 0 Å². The van der Waals surface area contributed by atoms with Gasteiger partial charge in [-0.1, -0.05) is 42.5 Å². The van der Waals surface area contributed by atoms with Crippen LogP contribution in [0.15, 0.2) is 42.5 Å². The Hall–Kier alpha value is -2.08. The summed E-state index contributed by atoms with van der Waals surface area (Å²) < 4.78 is 40.6. The molecule has 3 nitrogen and oxygen atoms in total. The average Bonchev–Trinajstić information content (AvgIpc) is 2.84. The lowest BCUT2D eigenvalue weighted by atomic mass is 9.98. The number of carbonyl (C=O) groups is 1. The molecular weight excluding hydrogens is 281 g/mol. The molecule has 0 aromatic heterocycles. The summed E-state index contributed by atoms with van der Waals surface area (Å²) in [5.74, 6) is -0.385. The fourth-order valence-electron chi connectivity index (χ4n) is 2.70. The number of hydrogen-bond donors (Lipinski definition) is 1. The number of fused-ring (bicyclic) bond motifs is 1. The minimum absolute atomic E-state index is 0.0478. The van der Waals surface area contributed by atoms with Gasteiger partial charge in [0.25, 0.3) is 0 Å². The highest BCUT2D eigenvalue weighted by atomic mass is 19.4. The molecule has 0 spiro atoms. The summed E-state index contributed by atoms with van der Waals surface area (Å²) in [5, 5.41) is 2.27. The Bertz CT molecular complexity index is 679. The van der Waals surface area contributed by atoms with Gasteiger partial charge in [-0.15, -0.1) is 0 Å². The first-order chi connectivity index (χ1) is 9.97. The van der Waals surface area contributed by atoms with Gasteiger partial charge in [-0.2, -0.15) is 13.2 Å². The normalized spacial score (nSPS) is 18.0. The SMILES string of the molecule is O=C1CCN([C@@H](c2cccc3ccccc23)C(F)(F)F)N1. The molecule has 1 saturated heterocycles. The van der Waals surface area contributed by atoms with Gasteiger partial charge < -0.3 is 0 Å². The van der Waals surface area contributed by atoms with Gasteiger partial charge in [0.2, 0.25) is 5.91 Å². The summed E-state index contributed by atoms with van der Waals surface area (Å²) in [6, 6.07) is 9.94. The second-order valence-electron chi connectivity index (χ2n) is 4.99. The summed E-state index contributed by atoms with van der Waals surface area (Å²) in [5.41, 5.74) is 2.45. The van der Waals surface area contributed by atoms with Crippen LogP contribution < -0.4 is 5.43 Å². The van der Waals surface area contributed by atoms with E-state index in [-0.39, 0.29) is 24.4 Å². The van der Waals surface area contributed by atoms with Crippen molar-refractivity contribution in [3.05, 3.63) is 48.0 Å². The number of hydrogen-bond acceptors (Lipinski definition) is 2. The summed E-state index contributed by atoms with van der Waals surface area (Å²) in [7, 11) is 0. The predicted octanol–water partition coefficient (Wildman–Crippen LogP) is 3.18.